The maximum absolute atomic E-state index is 11.4. The number of nitrogens with zero attached hydrogens (tertiary/aromatic N) is 5. The summed E-state index contributed by atoms with van der Waals surface area (Å²) in [5, 5.41) is 11.8. The number of aromatic nitrogens is 4. The minimum atomic E-state index is -0.568. The number of fused-ring (bicyclic) bond motifs is 1. The molecule has 0 aliphatic carbocycles. The summed E-state index contributed by atoms with van der Waals surface area (Å²) in [5.74, 6) is -0.146. The fourth-order valence-electron chi connectivity index (χ4n) is 3.14. The Morgan fingerprint density at radius 1 is 1.13 bits per heavy atom. The van der Waals surface area contributed by atoms with Crippen LogP contribution >= 0.6 is 0 Å². The van der Waals surface area contributed by atoms with Gasteiger partial charge in [-0.05, 0) is 62.1 Å². The number of anilines is 2. The highest BCUT2D eigenvalue weighted by Crippen LogP contribution is 2.22. The summed E-state index contributed by atoms with van der Waals surface area (Å²) in [6.07, 6.45) is 5.47. The van der Waals surface area contributed by atoms with Crippen LogP contribution in [0.5, 0.6) is 0 Å². The molecule has 0 aliphatic heterocycles. The van der Waals surface area contributed by atoms with Crippen molar-refractivity contribution in [1.29, 1.82) is 0 Å². The van der Waals surface area contributed by atoms with Gasteiger partial charge in [0.1, 0.15) is 5.65 Å². The van der Waals surface area contributed by atoms with E-state index in [4.69, 9.17) is 5.21 Å². The molecule has 152 valence electrons. The number of pyridine rings is 1. The van der Waals surface area contributed by atoms with E-state index in [9.17, 15) is 4.79 Å². The molecule has 0 radical (unpaired) electrons. The summed E-state index contributed by atoms with van der Waals surface area (Å²) in [4.78, 5) is 26.9. The predicted octanol–water partition coefficient (Wildman–Crippen LogP) is 2.72. The van der Waals surface area contributed by atoms with Gasteiger partial charge in [0.25, 0.3) is 5.91 Å². The number of carbonyl (C=O) groups excluding carboxylic acids is 1. The summed E-state index contributed by atoms with van der Waals surface area (Å²) < 4.78 is 1.99. The van der Waals surface area contributed by atoms with Crippen molar-refractivity contribution in [3.63, 3.8) is 0 Å². The molecule has 0 spiro atoms. The van der Waals surface area contributed by atoms with Crippen LogP contribution in [0.3, 0.4) is 0 Å². The minimum Gasteiger partial charge on any atom is -0.324 e. The van der Waals surface area contributed by atoms with E-state index in [-0.39, 0.29) is 0 Å². The number of hydrogen-bond donors (Lipinski definition) is 3. The van der Waals surface area contributed by atoms with E-state index in [0.29, 0.717) is 17.2 Å². The number of nitrogens with one attached hydrogen (secondary N) is 2. The van der Waals surface area contributed by atoms with Crippen LogP contribution in [0.2, 0.25) is 0 Å². The van der Waals surface area contributed by atoms with Crippen molar-refractivity contribution in [3.05, 3.63) is 72.2 Å². The first-order chi connectivity index (χ1) is 14.5. The second kappa shape index (κ2) is 8.27. The van der Waals surface area contributed by atoms with E-state index in [1.807, 2.05) is 30.8 Å². The van der Waals surface area contributed by atoms with Crippen molar-refractivity contribution < 1.29 is 10.0 Å². The van der Waals surface area contributed by atoms with Gasteiger partial charge in [0.2, 0.25) is 5.95 Å². The van der Waals surface area contributed by atoms with E-state index in [0.717, 1.165) is 23.6 Å². The largest absolute Gasteiger partial charge is 0.324 e. The summed E-state index contributed by atoms with van der Waals surface area (Å²) in [6.45, 7) is 0.846. The molecule has 1 amide bonds. The van der Waals surface area contributed by atoms with E-state index >= 15 is 0 Å². The lowest BCUT2D eigenvalue weighted by molar-refractivity contribution is 0.0706. The molecule has 9 nitrogen and oxygen atoms in total. The molecule has 0 saturated heterocycles. The summed E-state index contributed by atoms with van der Waals surface area (Å²) in [7, 11) is 4.07. The maximum atomic E-state index is 11.4. The molecule has 0 atom stereocenters. The average Bonchev–Trinajstić information content (AvgIpc) is 3.17. The van der Waals surface area contributed by atoms with Gasteiger partial charge in [0.05, 0.1) is 17.6 Å². The smallest absolute Gasteiger partial charge is 0.274 e. The molecule has 30 heavy (non-hydrogen) atoms. The van der Waals surface area contributed by atoms with Crippen molar-refractivity contribution in [2.45, 2.75) is 6.54 Å². The second-order valence-corrected chi connectivity index (χ2v) is 7.05. The van der Waals surface area contributed by atoms with Gasteiger partial charge in [-0.2, -0.15) is 0 Å². The quantitative estimate of drug-likeness (QED) is 0.336. The van der Waals surface area contributed by atoms with E-state index in [2.05, 4.69) is 37.3 Å². The Morgan fingerprint density at radius 2 is 1.93 bits per heavy atom. The standard InChI is InChI=1S/C21H21N7O2/c1-27(2)13-14-8-10-28-18(12-23-19(28)11-14)17-7-9-22-21(25-17)24-16-5-3-15(4-6-16)20(29)26-30/h3-12,30H,13H2,1-2H3,(H,26,29)(H,22,24,25). The zero-order valence-corrected chi connectivity index (χ0v) is 16.6. The molecule has 0 unspecified atom stereocenters. The fourth-order valence-corrected chi connectivity index (χ4v) is 3.14. The highest BCUT2D eigenvalue weighted by Gasteiger charge is 2.10. The number of benzene rings is 1. The third-order valence-corrected chi connectivity index (χ3v) is 4.50. The first-order valence-corrected chi connectivity index (χ1v) is 9.29. The lowest BCUT2D eigenvalue weighted by atomic mass is 10.2. The lowest BCUT2D eigenvalue weighted by Crippen LogP contribution is -2.18. The normalized spacial score (nSPS) is 11.1. The van der Waals surface area contributed by atoms with Crippen molar-refractivity contribution in [2.75, 3.05) is 19.4 Å². The third-order valence-electron chi connectivity index (χ3n) is 4.50. The Hall–Kier alpha value is -3.82. The zero-order chi connectivity index (χ0) is 21.1. The second-order valence-electron chi connectivity index (χ2n) is 7.05. The zero-order valence-electron chi connectivity index (χ0n) is 16.6. The molecule has 3 heterocycles. The molecule has 0 fully saturated rings. The Kier molecular flexibility index (Phi) is 5.38. The van der Waals surface area contributed by atoms with E-state index < -0.39 is 5.91 Å². The molecule has 3 N–H and O–H groups in total. The van der Waals surface area contributed by atoms with E-state index in [1.165, 1.54) is 5.56 Å². The van der Waals surface area contributed by atoms with Crippen LogP contribution in [0.25, 0.3) is 17.0 Å². The van der Waals surface area contributed by atoms with Crippen molar-refractivity contribution in [1.82, 2.24) is 29.7 Å². The molecule has 0 bridgehead atoms. The first-order valence-electron chi connectivity index (χ1n) is 9.29. The van der Waals surface area contributed by atoms with Crippen LogP contribution in [0.1, 0.15) is 15.9 Å². The monoisotopic (exact) mass is 403 g/mol. The minimum absolute atomic E-state index is 0.345. The number of amides is 1. The fraction of sp³-hybridized carbons (Fsp3) is 0.143. The third kappa shape index (κ3) is 4.12. The Balaban J connectivity index is 1.58. The SMILES string of the molecule is CN(C)Cc1ccn2c(-c3ccnc(Nc4ccc(C(=O)NO)cc4)n3)cnc2c1. The van der Waals surface area contributed by atoms with Crippen LogP contribution in [-0.4, -0.2) is 49.5 Å². The number of imidazole rings is 1. The van der Waals surface area contributed by atoms with Gasteiger partial charge in [-0.3, -0.25) is 14.4 Å². The number of carbonyl (C=O) groups is 1. The summed E-state index contributed by atoms with van der Waals surface area (Å²) in [6, 6.07) is 12.6. The molecular formula is C21H21N7O2. The van der Waals surface area contributed by atoms with Gasteiger partial charge in [0, 0.05) is 30.2 Å². The van der Waals surface area contributed by atoms with Crippen LogP contribution < -0.4 is 10.8 Å². The molecule has 0 aliphatic rings. The van der Waals surface area contributed by atoms with Crippen LogP contribution in [0.4, 0.5) is 11.6 Å². The molecule has 1 aromatic carbocycles. The average molecular weight is 403 g/mol. The van der Waals surface area contributed by atoms with Crippen LogP contribution in [0, 0.1) is 0 Å². The Bertz CT molecular complexity index is 1190. The summed E-state index contributed by atoms with van der Waals surface area (Å²) >= 11 is 0. The number of hydrogen-bond acceptors (Lipinski definition) is 7. The van der Waals surface area contributed by atoms with Crippen molar-refractivity contribution >= 4 is 23.2 Å². The van der Waals surface area contributed by atoms with Gasteiger partial charge >= 0.3 is 0 Å². The lowest BCUT2D eigenvalue weighted by Gasteiger charge is -2.10. The predicted molar refractivity (Wildman–Crippen MR) is 113 cm³/mol. The van der Waals surface area contributed by atoms with Crippen molar-refractivity contribution in [2.24, 2.45) is 0 Å². The van der Waals surface area contributed by atoms with Gasteiger partial charge in [-0.1, -0.05) is 0 Å². The topological polar surface area (TPSA) is 108 Å². The molecule has 3 aromatic heterocycles. The first kappa shape index (κ1) is 19.5. The number of rotatable bonds is 6. The van der Waals surface area contributed by atoms with Gasteiger partial charge in [0.15, 0.2) is 0 Å². The van der Waals surface area contributed by atoms with Crippen molar-refractivity contribution in [3.8, 4) is 11.4 Å². The Labute approximate surface area is 173 Å². The summed E-state index contributed by atoms with van der Waals surface area (Å²) in [5.41, 5.74) is 6.31. The molecule has 4 aromatic rings. The van der Waals surface area contributed by atoms with Crippen LogP contribution in [0.15, 0.2) is 61.1 Å². The highest BCUT2D eigenvalue weighted by molar-refractivity contribution is 5.93. The molecule has 9 heteroatoms. The van der Waals surface area contributed by atoms with E-state index in [1.54, 1.807) is 42.1 Å². The molecular weight excluding hydrogens is 382 g/mol. The molecule has 0 saturated carbocycles. The Morgan fingerprint density at radius 3 is 2.67 bits per heavy atom. The van der Waals surface area contributed by atoms with Gasteiger partial charge in [-0.15, -0.1) is 0 Å². The van der Waals surface area contributed by atoms with Gasteiger partial charge < -0.3 is 10.2 Å². The highest BCUT2D eigenvalue weighted by atomic mass is 16.5. The number of hydroxylamine groups is 1. The van der Waals surface area contributed by atoms with Gasteiger partial charge in [-0.25, -0.2) is 20.4 Å². The van der Waals surface area contributed by atoms with Crippen LogP contribution in [-0.2, 0) is 6.54 Å². The maximum Gasteiger partial charge on any atom is 0.274 e. The molecule has 4 rings (SSSR count).